The first kappa shape index (κ1) is 15.0. The number of nitrogens with zero attached hydrogens (tertiary/aromatic N) is 2. The second-order valence-electron chi connectivity index (χ2n) is 5.69. The zero-order valence-corrected chi connectivity index (χ0v) is 12.5. The van der Waals surface area contributed by atoms with Gasteiger partial charge in [0.2, 0.25) is 0 Å². The number of hydrogen-bond donors (Lipinski definition) is 1. The summed E-state index contributed by atoms with van der Waals surface area (Å²) in [6.07, 6.45) is -0.566. The molecule has 3 nitrogen and oxygen atoms in total. The summed E-state index contributed by atoms with van der Waals surface area (Å²) >= 11 is 0. The number of halogens is 1. The van der Waals surface area contributed by atoms with E-state index in [0.717, 1.165) is 31.7 Å². The Kier molecular flexibility index (Phi) is 4.71. The first-order valence-corrected chi connectivity index (χ1v) is 7.68. The van der Waals surface area contributed by atoms with Crippen molar-refractivity contribution in [1.29, 1.82) is 0 Å². The summed E-state index contributed by atoms with van der Waals surface area (Å²) in [7, 11) is 0. The van der Waals surface area contributed by atoms with Gasteiger partial charge in [0.1, 0.15) is 5.82 Å². The zero-order valence-electron chi connectivity index (χ0n) is 12.5. The molecule has 4 heteroatoms. The number of piperazine rings is 1. The van der Waals surface area contributed by atoms with E-state index in [1.807, 2.05) is 6.07 Å². The first-order valence-electron chi connectivity index (χ1n) is 7.68. The Bertz CT molecular complexity index is 580. The molecule has 0 bridgehead atoms. The van der Waals surface area contributed by atoms with Crippen molar-refractivity contribution in [1.82, 2.24) is 4.90 Å². The zero-order chi connectivity index (χ0) is 15.4. The average molecular weight is 300 g/mol. The number of para-hydroxylation sites is 1. The third-order valence-corrected chi connectivity index (χ3v) is 4.18. The monoisotopic (exact) mass is 300 g/mol. The molecule has 0 aromatic heterocycles. The summed E-state index contributed by atoms with van der Waals surface area (Å²) in [6, 6.07) is 16.5. The predicted molar refractivity (Wildman–Crippen MR) is 86.5 cm³/mol. The Labute approximate surface area is 130 Å². The van der Waals surface area contributed by atoms with Crippen LogP contribution in [0.25, 0.3) is 0 Å². The molecule has 0 aliphatic carbocycles. The standard InChI is InChI=1S/C18H21FN2O/c19-16-8-6-15(7-9-16)18(22)14-20-10-12-21(13-11-20)17-4-2-1-3-5-17/h1-9,18,22H,10-14H2/t18-/m0/s1. The Balaban J connectivity index is 1.52. The highest BCUT2D eigenvalue weighted by Gasteiger charge is 2.20. The van der Waals surface area contributed by atoms with Crippen molar-refractivity contribution in [3.05, 3.63) is 66.0 Å². The molecule has 0 unspecified atom stereocenters. The second kappa shape index (κ2) is 6.90. The Hall–Kier alpha value is -1.91. The Morgan fingerprint density at radius 2 is 1.55 bits per heavy atom. The summed E-state index contributed by atoms with van der Waals surface area (Å²) in [5, 5.41) is 10.3. The topological polar surface area (TPSA) is 26.7 Å². The van der Waals surface area contributed by atoms with Crippen molar-refractivity contribution in [2.24, 2.45) is 0 Å². The van der Waals surface area contributed by atoms with Crippen LogP contribution in [0.3, 0.4) is 0 Å². The largest absolute Gasteiger partial charge is 0.387 e. The number of benzene rings is 2. The van der Waals surface area contributed by atoms with E-state index in [9.17, 15) is 9.50 Å². The van der Waals surface area contributed by atoms with E-state index in [2.05, 4.69) is 34.1 Å². The molecule has 1 N–H and O–H groups in total. The van der Waals surface area contributed by atoms with Crippen LogP contribution >= 0.6 is 0 Å². The van der Waals surface area contributed by atoms with E-state index in [0.29, 0.717) is 6.54 Å². The molecular weight excluding hydrogens is 279 g/mol. The number of anilines is 1. The predicted octanol–water partition coefficient (Wildman–Crippen LogP) is 2.68. The SMILES string of the molecule is O[C@@H](CN1CCN(c2ccccc2)CC1)c1ccc(F)cc1. The normalized spacial score (nSPS) is 17.5. The van der Waals surface area contributed by atoms with E-state index >= 15 is 0 Å². The van der Waals surface area contributed by atoms with Crippen molar-refractivity contribution in [2.45, 2.75) is 6.10 Å². The van der Waals surface area contributed by atoms with E-state index in [1.165, 1.54) is 17.8 Å². The number of aliphatic hydroxyl groups is 1. The van der Waals surface area contributed by atoms with Crippen molar-refractivity contribution in [3.8, 4) is 0 Å². The lowest BCUT2D eigenvalue weighted by Crippen LogP contribution is -2.47. The molecule has 2 aromatic rings. The van der Waals surface area contributed by atoms with Crippen LogP contribution in [0.5, 0.6) is 0 Å². The molecule has 116 valence electrons. The summed E-state index contributed by atoms with van der Waals surface area (Å²) in [6.45, 7) is 4.36. The van der Waals surface area contributed by atoms with Gasteiger partial charge in [0, 0.05) is 38.4 Å². The van der Waals surface area contributed by atoms with Crippen molar-refractivity contribution >= 4 is 5.69 Å². The summed E-state index contributed by atoms with van der Waals surface area (Å²) < 4.78 is 12.9. The summed E-state index contributed by atoms with van der Waals surface area (Å²) in [5.41, 5.74) is 2.02. The molecular formula is C18H21FN2O. The molecule has 1 heterocycles. The lowest BCUT2D eigenvalue weighted by molar-refractivity contribution is 0.109. The van der Waals surface area contributed by atoms with Gasteiger partial charge in [-0.1, -0.05) is 30.3 Å². The highest BCUT2D eigenvalue weighted by Crippen LogP contribution is 2.18. The highest BCUT2D eigenvalue weighted by molar-refractivity contribution is 5.46. The van der Waals surface area contributed by atoms with Crippen LogP contribution in [0.2, 0.25) is 0 Å². The van der Waals surface area contributed by atoms with Gasteiger partial charge in [-0.15, -0.1) is 0 Å². The third kappa shape index (κ3) is 3.64. The Morgan fingerprint density at radius 3 is 2.18 bits per heavy atom. The van der Waals surface area contributed by atoms with Gasteiger partial charge < -0.3 is 10.0 Å². The molecule has 2 aromatic carbocycles. The number of aliphatic hydroxyl groups excluding tert-OH is 1. The molecule has 22 heavy (non-hydrogen) atoms. The van der Waals surface area contributed by atoms with Crippen LogP contribution in [0.4, 0.5) is 10.1 Å². The summed E-state index contributed by atoms with van der Waals surface area (Å²) in [5.74, 6) is -0.271. The molecule has 0 spiro atoms. The van der Waals surface area contributed by atoms with Crippen LogP contribution in [-0.4, -0.2) is 42.7 Å². The van der Waals surface area contributed by atoms with Crippen LogP contribution in [0, 0.1) is 5.82 Å². The molecule has 3 rings (SSSR count). The molecule has 0 saturated carbocycles. The number of hydrogen-bond acceptors (Lipinski definition) is 3. The molecule has 1 saturated heterocycles. The van der Waals surface area contributed by atoms with Gasteiger partial charge in [-0.2, -0.15) is 0 Å². The minimum atomic E-state index is -0.566. The maximum Gasteiger partial charge on any atom is 0.123 e. The lowest BCUT2D eigenvalue weighted by Gasteiger charge is -2.37. The molecule has 1 aliphatic heterocycles. The van der Waals surface area contributed by atoms with Gasteiger partial charge in [0.25, 0.3) is 0 Å². The molecule has 1 fully saturated rings. The average Bonchev–Trinajstić information content (AvgIpc) is 2.57. The van der Waals surface area contributed by atoms with Gasteiger partial charge in [0.15, 0.2) is 0 Å². The van der Waals surface area contributed by atoms with Gasteiger partial charge in [0.05, 0.1) is 6.10 Å². The highest BCUT2D eigenvalue weighted by atomic mass is 19.1. The minimum absolute atomic E-state index is 0.271. The maximum absolute atomic E-state index is 12.9. The van der Waals surface area contributed by atoms with Gasteiger partial charge in [-0.25, -0.2) is 4.39 Å². The fourth-order valence-electron chi connectivity index (χ4n) is 2.86. The van der Waals surface area contributed by atoms with Crippen LogP contribution in [0.15, 0.2) is 54.6 Å². The van der Waals surface area contributed by atoms with E-state index in [1.54, 1.807) is 12.1 Å². The molecule has 1 atom stereocenters. The first-order chi connectivity index (χ1) is 10.7. The van der Waals surface area contributed by atoms with E-state index in [-0.39, 0.29) is 5.82 Å². The Morgan fingerprint density at radius 1 is 0.909 bits per heavy atom. The van der Waals surface area contributed by atoms with Crippen molar-refractivity contribution in [2.75, 3.05) is 37.6 Å². The van der Waals surface area contributed by atoms with Crippen LogP contribution < -0.4 is 4.90 Å². The number of rotatable bonds is 4. The minimum Gasteiger partial charge on any atom is -0.387 e. The number of β-amino-alcohol motifs (C(OH)–C–C–N with tert-alkyl or cyclic N) is 1. The second-order valence-corrected chi connectivity index (χ2v) is 5.69. The fraction of sp³-hybridized carbons (Fsp3) is 0.333. The quantitative estimate of drug-likeness (QED) is 0.940. The fourth-order valence-corrected chi connectivity index (χ4v) is 2.86. The smallest absolute Gasteiger partial charge is 0.123 e. The maximum atomic E-state index is 12.9. The van der Waals surface area contributed by atoms with Gasteiger partial charge >= 0.3 is 0 Å². The molecule has 0 amide bonds. The summed E-state index contributed by atoms with van der Waals surface area (Å²) in [4.78, 5) is 4.62. The third-order valence-electron chi connectivity index (χ3n) is 4.18. The van der Waals surface area contributed by atoms with Gasteiger partial charge in [-0.05, 0) is 29.8 Å². The van der Waals surface area contributed by atoms with Crippen molar-refractivity contribution < 1.29 is 9.50 Å². The van der Waals surface area contributed by atoms with Gasteiger partial charge in [-0.3, -0.25) is 4.90 Å². The van der Waals surface area contributed by atoms with E-state index < -0.39 is 6.10 Å². The lowest BCUT2D eigenvalue weighted by atomic mass is 10.1. The van der Waals surface area contributed by atoms with Crippen LogP contribution in [0.1, 0.15) is 11.7 Å². The molecule has 1 aliphatic rings. The molecule has 0 radical (unpaired) electrons. The van der Waals surface area contributed by atoms with Crippen molar-refractivity contribution in [3.63, 3.8) is 0 Å². The van der Waals surface area contributed by atoms with E-state index in [4.69, 9.17) is 0 Å². The van der Waals surface area contributed by atoms with Crippen LogP contribution in [-0.2, 0) is 0 Å².